The van der Waals surface area contributed by atoms with E-state index in [2.05, 4.69) is 5.32 Å². The minimum atomic E-state index is -0.983. The van der Waals surface area contributed by atoms with E-state index in [1.165, 1.54) is 18.2 Å². The Morgan fingerprint density at radius 2 is 2.24 bits per heavy atom. The van der Waals surface area contributed by atoms with Gasteiger partial charge in [-0.3, -0.25) is 0 Å². The van der Waals surface area contributed by atoms with Crippen LogP contribution in [0.4, 0.5) is 10.1 Å². The van der Waals surface area contributed by atoms with E-state index in [4.69, 9.17) is 10.2 Å². The third-order valence-electron chi connectivity index (χ3n) is 2.12. The molecule has 5 heteroatoms. The molecule has 3 N–H and O–H groups in total. The second kappa shape index (κ2) is 6.65. The molecule has 0 aliphatic heterocycles. The number of anilines is 1. The molecule has 0 aliphatic rings. The maximum atomic E-state index is 12.9. The summed E-state index contributed by atoms with van der Waals surface area (Å²) >= 11 is 0. The van der Waals surface area contributed by atoms with Crippen molar-refractivity contribution in [3.05, 3.63) is 41.7 Å². The molecule has 0 aromatic heterocycles. The van der Waals surface area contributed by atoms with Crippen molar-refractivity contribution in [2.45, 2.75) is 13.0 Å². The largest absolute Gasteiger partial charge is 0.478 e. The summed E-state index contributed by atoms with van der Waals surface area (Å²) in [4.78, 5) is 10.2. The van der Waals surface area contributed by atoms with Gasteiger partial charge >= 0.3 is 5.97 Å². The van der Waals surface area contributed by atoms with Crippen molar-refractivity contribution in [1.82, 2.24) is 0 Å². The lowest BCUT2D eigenvalue weighted by atomic mass is 10.2. The predicted molar refractivity (Wildman–Crippen MR) is 62.2 cm³/mol. The Labute approximate surface area is 98.4 Å². The van der Waals surface area contributed by atoms with Crippen molar-refractivity contribution >= 4 is 11.7 Å². The van der Waals surface area contributed by atoms with E-state index in [-0.39, 0.29) is 6.61 Å². The van der Waals surface area contributed by atoms with Crippen molar-refractivity contribution in [2.75, 3.05) is 11.9 Å². The van der Waals surface area contributed by atoms with Crippen LogP contribution in [0.3, 0.4) is 0 Å². The highest BCUT2D eigenvalue weighted by Gasteiger charge is 2.01. The molecule has 0 saturated carbocycles. The highest BCUT2D eigenvalue weighted by Crippen LogP contribution is 2.16. The summed E-state index contributed by atoms with van der Waals surface area (Å²) in [6.45, 7) is 0.271. The van der Waals surface area contributed by atoms with Crippen LogP contribution in [0.2, 0.25) is 0 Å². The number of rotatable bonds is 6. The van der Waals surface area contributed by atoms with Gasteiger partial charge in [0, 0.05) is 23.9 Å². The van der Waals surface area contributed by atoms with Crippen LogP contribution >= 0.6 is 0 Å². The third kappa shape index (κ3) is 4.65. The maximum Gasteiger partial charge on any atom is 0.327 e. The molecule has 4 nitrogen and oxygen atoms in total. The molecule has 1 rings (SSSR count). The summed E-state index contributed by atoms with van der Waals surface area (Å²) in [5, 5.41) is 20.4. The lowest BCUT2D eigenvalue weighted by Crippen LogP contribution is -2.04. The summed E-state index contributed by atoms with van der Waals surface area (Å²) in [6.07, 6.45) is 3.13. The highest BCUT2D eigenvalue weighted by atomic mass is 19.1. The Bertz CT molecular complexity index is 418. The highest BCUT2D eigenvalue weighted by molar-refractivity contribution is 5.79. The van der Waals surface area contributed by atoms with Crippen molar-refractivity contribution < 1.29 is 19.4 Å². The van der Waals surface area contributed by atoms with Gasteiger partial charge in [0.15, 0.2) is 0 Å². The monoisotopic (exact) mass is 239 g/mol. The molecule has 0 heterocycles. The fraction of sp³-hybridized carbons (Fsp3) is 0.250. The van der Waals surface area contributed by atoms with E-state index in [0.29, 0.717) is 24.2 Å². The molecule has 0 spiro atoms. The zero-order valence-corrected chi connectivity index (χ0v) is 9.19. The summed E-state index contributed by atoms with van der Waals surface area (Å²) in [7, 11) is 0. The molecule has 0 unspecified atom stereocenters. The third-order valence-corrected chi connectivity index (χ3v) is 2.12. The number of carbonyl (C=O) groups is 1. The van der Waals surface area contributed by atoms with Gasteiger partial charge in [0.1, 0.15) is 5.82 Å². The van der Waals surface area contributed by atoms with Gasteiger partial charge in [-0.15, -0.1) is 0 Å². The van der Waals surface area contributed by atoms with E-state index in [1.54, 1.807) is 6.07 Å². The van der Waals surface area contributed by atoms with Crippen LogP contribution in [0.5, 0.6) is 0 Å². The number of hydrogen-bond donors (Lipinski definition) is 3. The molecule has 0 bridgehead atoms. The number of hydrogen-bond acceptors (Lipinski definition) is 3. The number of carboxylic acid groups (broad SMARTS) is 1. The molecule has 0 fully saturated rings. The average Bonchev–Trinajstić information content (AvgIpc) is 2.29. The minimum Gasteiger partial charge on any atom is -0.478 e. The Hall–Kier alpha value is -1.88. The van der Waals surface area contributed by atoms with Crippen molar-refractivity contribution in [3.63, 3.8) is 0 Å². The molecule has 0 radical (unpaired) electrons. The van der Waals surface area contributed by atoms with Crippen LogP contribution in [-0.2, 0) is 11.4 Å². The lowest BCUT2D eigenvalue weighted by Gasteiger charge is -2.09. The zero-order chi connectivity index (χ0) is 12.7. The van der Waals surface area contributed by atoms with Gasteiger partial charge in [-0.2, -0.15) is 0 Å². The van der Waals surface area contributed by atoms with Gasteiger partial charge in [-0.05, 0) is 24.6 Å². The topological polar surface area (TPSA) is 69.6 Å². The summed E-state index contributed by atoms with van der Waals surface area (Å²) in [6, 6.07) is 4.10. The summed E-state index contributed by atoms with van der Waals surface area (Å²) in [5.74, 6) is -1.38. The van der Waals surface area contributed by atoms with Crippen LogP contribution in [0, 0.1) is 5.82 Å². The second-order valence-corrected chi connectivity index (χ2v) is 3.42. The van der Waals surface area contributed by atoms with Gasteiger partial charge in [0.2, 0.25) is 0 Å². The van der Waals surface area contributed by atoms with E-state index in [9.17, 15) is 9.18 Å². The molecule has 0 amide bonds. The molecule has 1 aromatic rings. The molecule has 0 aliphatic carbocycles. The molecule has 0 atom stereocenters. The molecular formula is C12H14FNO3. The molecule has 92 valence electrons. The van der Waals surface area contributed by atoms with Crippen LogP contribution in [0.15, 0.2) is 30.4 Å². The van der Waals surface area contributed by atoms with Gasteiger partial charge in [-0.25, -0.2) is 9.18 Å². The minimum absolute atomic E-state index is 0.245. The first kappa shape index (κ1) is 13.2. The number of carboxylic acids is 1. The number of halogens is 1. The number of aliphatic hydroxyl groups excluding tert-OH is 1. The number of aliphatic carboxylic acids is 1. The quantitative estimate of drug-likeness (QED) is 0.522. The Morgan fingerprint density at radius 3 is 2.88 bits per heavy atom. The van der Waals surface area contributed by atoms with Crippen LogP contribution < -0.4 is 5.32 Å². The first-order valence-electron chi connectivity index (χ1n) is 5.16. The van der Waals surface area contributed by atoms with Crippen molar-refractivity contribution in [1.29, 1.82) is 0 Å². The summed E-state index contributed by atoms with van der Waals surface area (Å²) < 4.78 is 12.9. The fourth-order valence-electron chi connectivity index (χ4n) is 1.34. The standard InChI is InChI=1S/C12H14FNO3/c13-10-4-5-11(9(7-10)8-15)14-6-2-1-3-12(16)17/h1,3-5,7,14-15H,2,6,8H2,(H,16,17). The first-order valence-corrected chi connectivity index (χ1v) is 5.16. The number of nitrogens with one attached hydrogen (secondary N) is 1. The van der Waals surface area contributed by atoms with Gasteiger partial charge in [-0.1, -0.05) is 6.08 Å². The van der Waals surface area contributed by atoms with Crippen LogP contribution in [0.25, 0.3) is 0 Å². The lowest BCUT2D eigenvalue weighted by molar-refractivity contribution is -0.131. The Balaban J connectivity index is 2.49. The van der Waals surface area contributed by atoms with Crippen LogP contribution in [0.1, 0.15) is 12.0 Å². The number of aliphatic hydroxyl groups is 1. The van der Waals surface area contributed by atoms with Gasteiger partial charge < -0.3 is 15.5 Å². The molecule has 17 heavy (non-hydrogen) atoms. The fourth-order valence-corrected chi connectivity index (χ4v) is 1.34. The van der Waals surface area contributed by atoms with E-state index in [1.807, 2.05) is 0 Å². The Morgan fingerprint density at radius 1 is 1.47 bits per heavy atom. The van der Waals surface area contributed by atoms with E-state index < -0.39 is 11.8 Å². The SMILES string of the molecule is O=C(O)C=CCCNc1ccc(F)cc1CO. The number of benzene rings is 1. The normalized spacial score (nSPS) is 10.7. The zero-order valence-electron chi connectivity index (χ0n) is 9.19. The summed E-state index contributed by atoms with van der Waals surface area (Å²) in [5.41, 5.74) is 1.13. The van der Waals surface area contributed by atoms with Gasteiger partial charge in [0.25, 0.3) is 0 Å². The molecule has 1 aromatic carbocycles. The average molecular weight is 239 g/mol. The van der Waals surface area contributed by atoms with Crippen molar-refractivity contribution in [3.8, 4) is 0 Å². The van der Waals surface area contributed by atoms with Crippen molar-refractivity contribution in [2.24, 2.45) is 0 Å². The van der Waals surface area contributed by atoms with E-state index >= 15 is 0 Å². The smallest absolute Gasteiger partial charge is 0.327 e. The Kier molecular flexibility index (Phi) is 5.16. The first-order chi connectivity index (χ1) is 8.13. The molecule has 0 saturated heterocycles. The van der Waals surface area contributed by atoms with Crippen LogP contribution in [-0.4, -0.2) is 22.7 Å². The van der Waals surface area contributed by atoms with E-state index in [0.717, 1.165) is 6.08 Å². The predicted octanol–water partition coefficient (Wildman–Crippen LogP) is 1.76. The molecular weight excluding hydrogens is 225 g/mol. The maximum absolute atomic E-state index is 12.9. The second-order valence-electron chi connectivity index (χ2n) is 3.42. The van der Waals surface area contributed by atoms with Gasteiger partial charge in [0.05, 0.1) is 6.61 Å².